The fourth-order valence-corrected chi connectivity index (χ4v) is 6.29. The van der Waals surface area contributed by atoms with E-state index in [4.69, 9.17) is 9.72 Å². The van der Waals surface area contributed by atoms with E-state index >= 15 is 0 Å². The van der Waals surface area contributed by atoms with E-state index in [0.717, 1.165) is 19.4 Å². The maximum Gasteiger partial charge on any atom is 0.281 e. The molecule has 0 atom stereocenters. The van der Waals surface area contributed by atoms with Crippen LogP contribution in [0.25, 0.3) is 28.2 Å². The van der Waals surface area contributed by atoms with Crippen LogP contribution in [0.15, 0.2) is 40.3 Å². The standard InChI is InChI=1S/C27H35N9O4S/c1-5-8-16-40-26-20(17-19(18-28-26)41(38,39)35-14-12-34(7-3)13-15-35)25-30-23-21(6-2)36(22-10-9-11-29-31-22)32-24(23)27(37)33(25)4/h9-11,17-18H,5-8,12-16H2,1-4H3. The molecular weight excluding hydrogens is 546 g/mol. The van der Waals surface area contributed by atoms with Crippen LogP contribution < -0.4 is 10.3 Å². The summed E-state index contributed by atoms with van der Waals surface area (Å²) in [5.41, 5.74) is 1.20. The molecular formula is C27H35N9O4S. The quantitative estimate of drug-likeness (QED) is 0.255. The Kier molecular flexibility index (Phi) is 8.42. The molecule has 1 saturated heterocycles. The zero-order valence-corrected chi connectivity index (χ0v) is 24.6. The van der Waals surface area contributed by atoms with E-state index in [9.17, 15) is 13.2 Å². The minimum absolute atomic E-state index is 0.0283. The molecule has 0 amide bonds. The van der Waals surface area contributed by atoms with Crippen LogP contribution in [-0.2, 0) is 23.5 Å². The molecule has 0 aliphatic carbocycles. The molecule has 14 heteroatoms. The second-order valence-electron chi connectivity index (χ2n) is 9.85. The van der Waals surface area contributed by atoms with Crippen molar-refractivity contribution in [2.75, 3.05) is 39.3 Å². The highest BCUT2D eigenvalue weighted by molar-refractivity contribution is 7.89. The van der Waals surface area contributed by atoms with Crippen molar-refractivity contribution < 1.29 is 13.2 Å². The van der Waals surface area contributed by atoms with Gasteiger partial charge in [-0.15, -0.1) is 5.10 Å². The first-order chi connectivity index (χ1) is 19.8. The number of unbranched alkanes of at least 4 members (excludes halogenated alkanes) is 1. The molecule has 0 saturated carbocycles. The van der Waals surface area contributed by atoms with Crippen LogP contribution in [0.4, 0.5) is 0 Å². The number of likely N-dealkylation sites (N-methyl/N-ethyl adjacent to an activating group) is 1. The third-order valence-corrected chi connectivity index (χ3v) is 9.19. The summed E-state index contributed by atoms with van der Waals surface area (Å²) in [6, 6.07) is 5.01. The Morgan fingerprint density at radius 3 is 2.51 bits per heavy atom. The third-order valence-electron chi connectivity index (χ3n) is 7.33. The molecule has 218 valence electrons. The van der Waals surface area contributed by atoms with Crippen molar-refractivity contribution in [3.63, 3.8) is 0 Å². The number of pyridine rings is 1. The SMILES string of the molecule is CCCCOc1ncc(S(=O)(=O)N2CCN(CC)CC2)cc1-c1nc2c(CC)n(-c3cccnn3)nc2c(=O)n1C. The highest BCUT2D eigenvalue weighted by atomic mass is 32.2. The van der Waals surface area contributed by atoms with Gasteiger partial charge in [-0.2, -0.15) is 14.5 Å². The summed E-state index contributed by atoms with van der Waals surface area (Å²) < 4.78 is 37.7. The second-order valence-corrected chi connectivity index (χ2v) is 11.8. The van der Waals surface area contributed by atoms with E-state index in [0.29, 0.717) is 61.8 Å². The molecule has 13 nitrogen and oxygen atoms in total. The summed E-state index contributed by atoms with van der Waals surface area (Å²) in [6.07, 6.45) is 5.11. The van der Waals surface area contributed by atoms with E-state index < -0.39 is 10.0 Å². The zero-order valence-electron chi connectivity index (χ0n) is 23.8. The van der Waals surface area contributed by atoms with Crippen molar-refractivity contribution in [2.24, 2.45) is 7.05 Å². The molecule has 0 N–H and O–H groups in total. The van der Waals surface area contributed by atoms with Gasteiger partial charge in [-0.1, -0.05) is 27.2 Å². The number of ether oxygens (including phenoxy) is 1. The van der Waals surface area contributed by atoms with Crippen molar-refractivity contribution in [1.29, 1.82) is 0 Å². The fourth-order valence-electron chi connectivity index (χ4n) is 4.89. The molecule has 0 radical (unpaired) electrons. The Balaban J connectivity index is 1.66. The van der Waals surface area contributed by atoms with Crippen LogP contribution in [0.1, 0.15) is 39.3 Å². The number of fused-ring (bicyclic) bond motifs is 1. The van der Waals surface area contributed by atoms with E-state index in [1.807, 2.05) is 13.8 Å². The number of aromatic nitrogens is 7. The van der Waals surface area contributed by atoms with E-state index in [-0.39, 0.29) is 27.7 Å². The molecule has 0 bridgehead atoms. The van der Waals surface area contributed by atoms with Gasteiger partial charge in [-0.3, -0.25) is 9.36 Å². The van der Waals surface area contributed by atoms with Crippen molar-refractivity contribution in [3.05, 3.63) is 46.6 Å². The van der Waals surface area contributed by atoms with Crippen molar-refractivity contribution in [3.8, 4) is 23.1 Å². The number of hydrogen-bond acceptors (Lipinski definition) is 10. The van der Waals surface area contributed by atoms with Gasteiger partial charge >= 0.3 is 0 Å². The predicted octanol–water partition coefficient (Wildman–Crippen LogP) is 2.04. The zero-order chi connectivity index (χ0) is 29.1. The Labute approximate surface area is 238 Å². The number of rotatable bonds is 10. The Morgan fingerprint density at radius 2 is 1.85 bits per heavy atom. The number of aryl methyl sites for hydroxylation is 1. The van der Waals surface area contributed by atoms with Crippen LogP contribution in [0.3, 0.4) is 0 Å². The number of hydrogen-bond donors (Lipinski definition) is 0. The molecule has 0 unspecified atom stereocenters. The molecule has 0 aromatic carbocycles. The maximum atomic E-state index is 13.7. The molecule has 41 heavy (non-hydrogen) atoms. The lowest BCUT2D eigenvalue weighted by atomic mass is 10.2. The molecule has 0 spiro atoms. The maximum absolute atomic E-state index is 13.7. The Morgan fingerprint density at radius 1 is 1.07 bits per heavy atom. The molecule has 1 aliphatic rings. The van der Waals surface area contributed by atoms with Gasteiger partial charge in [0, 0.05) is 39.4 Å². The van der Waals surface area contributed by atoms with Crippen molar-refractivity contribution in [1.82, 2.24) is 43.7 Å². The average Bonchev–Trinajstić information content (AvgIpc) is 3.38. The molecule has 1 fully saturated rings. The van der Waals surface area contributed by atoms with Gasteiger partial charge in [0.1, 0.15) is 16.2 Å². The molecule has 4 aromatic heterocycles. The van der Waals surface area contributed by atoms with Crippen LogP contribution in [0, 0.1) is 0 Å². The summed E-state index contributed by atoms with van der Waals surface area (Å²) in [4.78, 5) is 25.1. The van der Waals surface area contributed by atoms with Gasteiger partial charge in [-0.05, 0) is 37.6 Å². The third kappa shape index (κ3) is 5.46. The fraction of sp³-hybridized carbons (Fsp3) is 0.481. The Bertz CT molecular complexity index is 1700. The lowest BCUT2D eigenvalue weighted by molar-refractivity contribution is 0.196. The highest BCUT2D eigenvalue weighted by Crippen LogP contribution is 2.31. The first-order valence-electron chi connectivity index (χ1n) is 13.9. The van der Waals surface area contributed by atoms with Crippen LogP contribution in [0.2, 0.25) is 0 Å². The lowest BCUT2D eigenvalue weighted by Crippen LogP contribution is -2.48. The summed E-state index contributed by atoms with van der Waals surface area (Å²) >= 11 is 0. The minimum atomic E-state index is -3.83. The van der Waals surface area contributed by atoms with Gasteiger partial charge < -0.3 is 9.64 Å². The van der Waals surface area contributed by atoms with Crippen LogP contribution in [0.5, 0.6) is 5.88 Å². The van der Waals surface area contributed by atoms with Gasteiger partial charge in [0.25, 0.3) is 5.56 Å². The summed E-state index contributed by atoms with van der Waals surface area (Å²) in [5.74, 6) is 0.921. The van der Waals surface area contributed by atoms with E-state index in [1.165, 1.54) is 21.1 Å². The number of sulfonamides is 1. The van der Waals surface area contributed by atoms with Crippen LogP contribution in [-0.4, -0.2) is 91.5 Å². The number of piperazine rings is 1. The molecule has 5 heterocycles. The summed E-state index contributed by atoms with van der Waals surface area (Å²) in [5, 5.41) is 12.6. The smallest absolute Gasteiger partial charge is 0.281 e. The average molecular weight is 582 g/mol. The lowest BCUT2D eigenvalue weighted by Gasteiger charge is -2.33. The topological polar surface area (TPSA) is 141 Å². The van der Waals surface area contributed by atoms with Crippen LogP contribution >= 0.6 is 0 Å². The van der Waals surface area contributed by atoms with E-state index in [2.05, 4.69) is 32.1 Å². The first-order valence-corrected chi connectivity index (χ1v) is 15.4. The molecule has 5 rings (SSSR count). The van der Waals surface area contributed by atoms with E-state index in [1.54, 1.807) is 30.1 Å². The van der Waals surface area contributed by atoms with Gasteiger partial charge in [0.2, 0.25) is 15.9 Å². The monoisotopic (exact) mass is 581 g/mol. The summed E-state index contributed by atoms with van der Waals surface area (Å²) in [6.45, 7) is 9.43. The Hall–Kier alpha value is -3.75. The highest BCUT2D eigenvalue weighted by Gasteiger charge is 2.30. The normalized spacial score (nSPS) is 15.0. The largest absolute Gasteiger partial charge is 0.477 e. The first kappa shape index (κ1) is 28.8. The molecule has 4 aromatic rings. The van der Waals surface area contributed by atoms with Gasteiger partial charge in [-0.25, -0.2) is 23.1 Å². The predicted molar refractivity (Wildman–Crippen MR) is 154 cm³/mol. The van der Waals surface area contributed by atoms with Crippen molar-refractivity contribution in [2.45, 2.75) is 44.9 Å². The molecule has 1 aliphatic heterocycles. The van der Waals surface area contributed by atoms with Gasteiger partial charge in [0.05, 0.1) is 24.1 Å². The van der Waals surface area contributed by atoms with Crippen molar-refractivity contribution >= 4 is 21.1 Å². The summed E-state index contributed by atoms with van der Waals surface area (Å²) in [7, 11) is -2.25. The van der Waals surface area contributed by atoms with Gasteiger partial charge in [0.15, 0.2) is 11.3 Å². The minimum Gasteiger partial charge on any atom is -0.477 e. The number of nitrogens with zero attached hydrogens (tertiary/aromatic N) is 9. The second kappa shape index (κ2) is 12.0.